The Labute approximate surface area is 406 Å². The van der Waals surface area contributed by atoms with Crippen molar-refractivity contribution >= 4 is 194 Å². The molecule has 4 N–H and O–H groups in total. The van der Waals surface area contributed by atoms with Crippen LogP contribution in [0, 0.1) is 21.4 Å². The number of carboxylic acid groups (broad SMARTS) is 2. The Morgan fingerprint density at radius 2 is 0.804 bits per heavy atom. The minimum Gasteiger partial charge on any atom is -0.478 e. The van der Waals surface area contributed by atoms with E-state index < -0.39 is 36.0 Å². The van der Waals surface area contributed by atoms with E-state index in [1.54, 1.807) is 0 Å². The highest BCUT2D eigenvalue weighted by Gasteiger charge is 2.33. The molecule has 310 valence electrons. The number of nitrogens with zero attached hydrogens (tertiary/aromatic N) is 4. The van der Waals surface area contributed by atoms with Gasteiger partial charge in [0.15, 0.2) is 0 Å². The maximum atomic E-state index is 12.8. The van der Waals surface area contributed by atoms with E-state index in [9.17, 15) is 49.2 Å². The van der Waals surface area contributed by atoms with Crippen molar-refractivity contribution in [2.75, 3.05) is 73.2 Å². The zero-order valence-electron chi connectivity index (χ0n) is 30.9. The molecule has 0 aromatic heterocycles. The molecule has 22 heteroatoms. The van der Waals surface area contributed by atoms with Crippen LogP contribution in [0.3, 0.4) is 0 Å². The lowest BCUT2D eigenvalue weighted by atomic mass is 10.1. The van der Waals surface area contributed by atoms with Crippen molar-refractivity contribution in [3.05, 3.63) is 32.5 Å². The first-order chi connectivity index (χ1) is 26.0. The molecule has 56 heavy (non-hydrogen) atoms. The fourth-order valence-electron chi connectivity index (χ4n) is 5.16. The number of carbonyl (C=O) groups excluding carboxylic acids is 4. The van der Waals surface area contributed by atoms with Gasteiger partial charge in [-0.2, -0.15) is 0 Å². The summed E-state index contributed by atoms with van der Waals surface area (Å²) in [5, 5.41) is 41.6. The summed E-state index contributed by atoms with van der Waals surface area (Å²) in [5.41, 5.74) is 1.08. The van der Waals surface area contributed by atoms with Gasteiger partial charge in [0.2, 0.25) is 23.6 Å². The van der Waals surface area contributed by atoms with Crippen LogP contribution in [0.1, 0.15) is 61.3 Å². The molecular weight excluding hydrogens is 1420 g/mol. The summed E-state index contributed by atoms with van der Waals surface area (Å²) in [6, 6.07) is 0. The largest absolute Gasteiger partial charge is 0.478 e. The number of ether oxygens (including phenoxy) is 2. The molecule has 0 heterocycles. The van der Waals surface area contributed by atoms with Crippen LogP contribution in [0.4, 0.5) is 22.7 Å². The second kappa shape index (κ2) is 23.5. The fraction of sp³-hybridized carbons (Fsp3) is 0.471. The topological polar surface area (TPSA) is 215 Å². The summed E-state index contributed by atoms with van der Waals surface area (Å²) >= 11 is 11.4. The molecule has 2 rings (SSSR count). The number of aromatic carboxylic acids is 2. The van der Waals surface area contributed by atoms with Gasteiger partial charge in [-0.3, -0.25) is 19.2 Å². The number of aliphatic hydroxyl groups is 2. The van der Waals surface area contributed by atoms with Crippen molar-refractivity contribution in [3.8, 4) is 0 Å². The van der Waals surface area contributed by atoms with E-state index in [-0.39, 0.29) is 81.0 Å². The van der Waals surface area contributed by atoms with Gasteiger partial charge in [0.25, 0.3) is 0 Å². The maximum Gasteiger partial charge on any atom is 0.338 e. The Morgan fingerprint density at radius 3 is 1.05 bits per heavy atom. The van der Waals surface area contributed by atoms with E-state index in [4.69, 9.17) is 9.47 Å². The minimum atomic E-state index is -1.23. The number of amides is 4. The molecule has 0 aliphatic heterocycles. The number of rotatable bonds is 19. The number of carbonyl (C=O) groups is 6. The maximum absolute atomic E-state index is 12.8. The second-order valence-corrected chi connectivity index (χ2v) is 18.7. The highest BCUT2D eigenvalue weighted by atomic mass is 127. The zero-order valence-corrected chi connectivity index (χ0v) is 43.9. The van der Waals surface area contributed by atoms with Gasteiger partial charge in [0.1, 0.15) is 0 Å². The highest BCUT2D eigenvalue weighted by Crippen LogP contribution is 2.44. The molecule has 0 saturated heterocycles. The normalized spacial score (nSPS) is 12.2. The third-order valence-electron chi connectivity index (χ3n) is 8.12. The number of benzene rings is 2. The van der Waals surface area contributed by atoms with Gasteiger partial charge in [0.05, 0.1) is 93.8 Å². The Balaban J connectivity index is 2.02. The summed E-state index contributed by atoms with van der Waals surface area (Å²) in [7, 11) is 3.03. The van der Waals surface area contributed by atoms with Crippen LogP contribution in [0.5, 0.6) is 0 Å². The molecule has 2 unspecified atom stereocenters. The molecule has 2 aromatic rings. The van der Waals surface area contributed by atoms with Crippen LogP contribution in [0.25, 0.3) is 0 Å². The van der Waals surface area contributed by atoms with Crippen molar-refractivity contribution in [1.29, 1.82) is 0 Å². The summed E-state index contributed by atoms with van der Waals surface area (Å²) < 4.78 is 13.5. The predicted octanol–water partition coefficient (Wildman–Crippen LogP) is 5.62. The molecular formula is C34H40I6N4O12. The lowest BCUT2D eigenvalue weighted by Gasteiger charge is -2.30. The number of anilines is 4. The Kier molecular flexibility index (Phi) is 21.6. The van der Waals surface area contributed by atoms with Crippen molar-refractivity contribution in [2.24, 2.45) is 0 Å². The SMILES string of the molecule is CC(=O)N(C)c1c(I)c(C(=O)O)c(I)c(N(CC(O)COCCCCOCC(O)CN(C(C)=O)c2c(I)c(C(=O)O)c(I)c(N(C)C(C)=O)c2I)C(C)=O)c1I. The average Bonchev–Trinajstić information content (AvgIpc) is 3.07. The van der Waals surface area contributed by atoms with E-state index in [0.717, 1.165) is 0 Å². The van der Waals surface area contributed by atoms with Gasteiger partial charge in [-0.1, -0.05) is 0 Å². The number of halogens is 6. The fourth-order valence-corrected chi connectivity index (χ4v) is 15.0. The summed E-state index contributed by atoms with van der Waals surface area (Å²) in [5.74, 6) is -4.01. The van der Waals surface area contributed by atoms with Crippen LogP contribution in [-0.4, -0.2) is 122 Å². The van der Waals surface area contributed by atoms with E-state index in [2.05, 4.69) is 0 Å². The predicted molar refractivity (Wildman–Crippen MR) is 260 cm³/mol. The standard InChI is InChI=1S/C34H40I6N4O12/c1-15(45)41(5)29-23(35)21(33(51)52)25(37)31(27(29)39)43(17(3)47)11-19(49)13-55-9-7-8-10-56-14-20(50)12-44(18(4)48)32-26(38)22(34(53)54)24(36)30(28(32)40)42(6)16(2)46/h19-20,49-50H,7-14H2,1-6H3,(H,51,52)(H,53,54). The molecule has 0 aliphatic rings. The molecule has 0 fully saturated rings. The first-order valence-corrected chi connectivity index (χ1v) is 22.9. The smallest absolute Gasteiger partial charge is 0.338 e. The van der Waals surface area contributed by atoms with E-state index in [0.29, 0.717) is 38.5 Å². The molecule has 0 saturated carbocycles. The molecule has 4 amide bonds. The van der Waals surface area contributed by atoms with E-state index in [1.165, 1.54) is 61.4 Å². The van der Waals surface area contributed by atoms with Crippen molar-refractivity contribution in [2.45, 2.75) is 52.7 Å². The van der Waals surface area contributed by atoms with Crippen molar-refractivity contribution < 1.29 is 58.7 Å². The second-order valence-electron chi connectivity index (χ2n) is 12.2. The van der Waals surface area contributed by atoms with E-state index in [1.807, 2.05) is 136 Å². The van der Waals surface area contributed by atoms with Crippen LogP contribution in [0.2, 0.25) is 0 Å². The quantitative estimate of drug-likeness (QED) is 0.0998. The van der Waals surface area contributed by atoms with Gasteiger partial charge < -0.3 is 49.5 Å². The molecule has 0 spiro atoms. The average molecular weight is 1460 g/mol. The number of unbranched alkanes of at least 4 members (excludes halogenated alkanes) is 1. The third-order valence-corrected chi connectivity index (χ3v) is 14.4. The lowest BCUT2D eigenvalue weighted by molar-refractivity contribution is -0.117. The monoisotopic (exact) mass is 1460 g/mol. The summed E-state index contributed by atoms with van der Waals surface area (Å²) in [4.78, 5) is 79.9. The van der Waals surface area contributed by atoms with Gasteiger partial charge in [0, 0.05) is 55.0 Å². The van der Waals surface area contributed by atoms with Gasteiger partial charge in [-0.05, 0) is 148 Å². The van der Waals surface area contributed by atoms with Crippen LogP contribution in [-0.2, 0) is 28.7 Å². The van der Waals surface area contributed by atoms with Crippen LogP contribution < -0.4 is 19.6 Å². The molecule has 0 radical (unpaired) electrons. The number of aliphatic hydroxyl groups excluding tert-OH is 2. The lowest BCUT2D eigenvalue weighted by Crippen LogP contribution is -2.40. The first kappa shape index (κ1) is 51.6. The molecule has 2 atom stereocenters. The Morgan fingerprint density at radius 1 is 0.518 bits per heavy atom. The number of hydrogen-bond acceptors (Lipinski definition) is 10. The molecule has 16 nitrogen and oxygen atoms in total. The molecule has 0 aliphatic carbocycles. The summed E-state index contributed by atoms with van der Waals surface area (Å²) in [6.45, 7) is 5.10. The number of hydrogen-bond donors (Lipinski definition) is 4. The first-order valence-electron chi connectivity index (χ1n) is 16.4. The van der Waals surface area contributed by atoms with Crippen molar-refractivity contribution in [3.63, 3.8) is 0 Å². The van der Waals surface area contributed by atoms with Gasteiger partial charge >= 0.3 is 11.9 Å². The third kappa shape index (κ3) is 13.0. The van der Waals surface area contributed by atoms with Crippen LogP contribution in [0.15, 0.2) is 0 Å². The van der Waals surface area contributed by atoms with E-state index >= 15 is 0 Å². The highest BCUT2D eigenvalue weighted by molar-refractivity contribution is 14.1. The van der Waals surface area contributed by atoms with Gasteiger partial charge in [-0.15, -0.1) is 0 Å². The Hall–Kier alpha value is -0.520. The zero-order chi connectivity index (χ0) is 42.9. The molecule has 2 aromatic carbocycles. The minimum absolute atomic E-state index is 0.0646. The number of carboxylic acids is 2. The molecule has 0 bridgehead atoms. The van der Waals surface area contributed by atoms with Crippen LogP contribution >= 0.6 is 136 Å². The summed E-state index contributed by atoms with van der Waals surface area (Å²) in [6.07, 6.45) is -1.21. The van der Waals surface area contributed by atoms with Gasteiger partial charge in [-0.25, -0.2) is 9.59 Å². The van der Waals surface area contributed by atoms with Crippen molar-refractivity contribution in [1.82, 2.24) is 0 Å². The Bertz CT molecular complexity index is 1740.